The number of sulfonamides is 1. The molecule has 23 heavy (non-hydrogen) atoms. The van der Waals surface area contributed by atoms with Gasteiger partial charge in [-0.1, -0.05) is 24.3 Å². The van der Waals surface area contributed by atoms with Crippen molar-refractivity contribution in [2.24, 2.45) is 0 Å². The summed E-state index contributed by atoms with van der Waals surface area (Å²) in [7, 11) is -1.86. The molecule has 7 heteroatoms. The number of ether oxygens (including phenoxy) is 1. The second kappa shape index (κ2) is 7.15. The van der Waals surface area contributed by atoms with Gasteiger partial charge in [0.05, 0.1) is 31.2 Å². The van der Waals surface area contributed by atoms with E-state index in [9.17, 15) is 13.2 Å². The number of para-hydroxylation sites is 2. The van der Waals surface area contributed by atoms with E-state index in [0.29, 0.717) is 17.1 Å². The second-order valence-corrected chi connectivity index (χ2v) is 6.74. The molecule has 2 N–H and O–H groups in total. The summed E-state index contributed by atoms with van der Waals surface area (Å²) in [5.41, 5.74) is 1.54. The lowest BCUT2D eigenvalue weighted by atomic mass is 10.1. The average Bonchev–Trinajstić information content (AvgIpc) is 2.48. The Hall–Kier alpha value is -2.54. The predicted molar refractivity (Wildman–Crippen MR) is 90.2 cm³/mol. The molecule has 0 aliphatic carbocycles. The minimum atomic E-state index is -3.42. The molecule has 0 unspecified atom stereocenters. The number of anilines is 2. The fraction of sp³-hybridized carbons (Fsp3) is 0.188. The molecule has 6 nitrogen and oxygen atoms in total. The molecule has 0 aliphatic heterocycles. The summed E-state index contributed by atoms with van der Waals surface area (Å²) in [6.07, 6.45) is 1.21. The highest BCUT2D eigenvalue weighted by atomic mass is 32.2. The molecule has 0 heterocycles. The topological polar surface area (TPSA) is 84.5 Å². The molecule has 0 bridgehead atoms. The fourth-order valence-corrected chi connectivity index (χ4v) is 2.62. The first-order chi connectivity index (χ1) is 10.9. The Bertz CT molecular complexity index is 803. The van der Waals surface area contributed by atoms with Gasteiger partial charge in [0.15, 0.2) is 0 Å². The zero-order valence-corrected chi connectivity index (χ0v) is 13.7. The van der Waals surface area contributed by atoms with Crippen molar-refractivity contribution < 1.29 is 17.9 Å². The highest BCUT2D eigenvalue weighted by Gasteiger charge is 2.10. The molecule has 1 amide bonds. The van der Waals surface area contributed by atoms with Gasteiger partial charge in [-0.05, 0) is 29.8 Å². The minimum absolute atomic E-state index is 0.157. The summed E-state index contributed by atoms with van der Waals surface area (Å²) in [6.45, 7) is 0. The van der Waals surface area contributed by atoms with Crippen LogP contribution in [0.1, 0.15) is 5.56 Å². The van der Waals surface area contributed by atoms with Crippen molar-refractivity contribution in [3.8, 4) is 5.75 Å². The van der Waals surface area contributed by atoms with Crippen LogP contribution in [0.3, 0.4) is 0 Å². The van der Waals surface area contributed by atoms with Crippen molar-refractivity contribution in [3.05, 3.63) is 54.1 Å². The molecule has 0 saturated heterocycles. The molecule has 122 valence electrons. The van der Waals surface area contributed by atoms with Crippen LogP contribution in [0.2, 0.25) is 0 Å². The van der Waals surface area contributed by atoms with Gasteiger partial charge >= 0.3 is 0 Å². The highest BCUT2D eigenvalue weighted by Crippen LogP contribution is 2.22. The molecule has 0 aliphatic rings. The fourth-order valence-electron chi connectivity index (χ4n) is 2.04. The van der Waals surface area contributed by atoms with Gasteiger partial charge in [-0.15, -0.1) is 0 Å². The van der Waals surface area contributed by atoms with Gasteiger partial charge in [0.1, 0.15) is 5.75 Å². The van der Waals surface area contributed by atoms with Crippen LogP contribution in [0.25, 0.3) is 0 Å². The molecule has 0 fully saturated rings. The largest absolute Gasteiger partial charge is 0.497 e. The van der Waals surface area contributed by atoms with Crippen molar-refractivity contribution in [2.75, 3.05) is 23.4 Å². The summed E-state index contributed by atoms with van der Waals surface area (Å²) in [4.78, 5) is 12.2. The molecule has 2 aromatic rings. The van der Waals surface area contributed by atoms with E-state index in [4.69, 9.17) is 4.74 Å². The lowest BCUT2D eigenvalue weighted by molar-refractivity contribution is -0.115. The van der Waals surface area contributed by atoms with E-state index in [0.717, 1.165) is 11.8 Å². The molecule has 0 radical (unpaired) electrons. The summed E-state index contributed by atoms with van der Waals surface area (Å²) in [6, 6.07) is 13.8. The van der Waals surface area contributed by atoms with E-state index in [1.807, 2.05) is 6.07 Å². The van der Waals surface area contributed by atoms with E-state index in [1.54, 1.807) is 49.6 Å². The van der Waals surface area contributed by atoms with Crippen LogP contribution in [0.15, 0.2) is 48.5 Å². The monoisotopic (exact) mass is 334 g/mol. The Labute approximate surface area is 135 Å². The number of nitrogens with one attached hydrogen (secondary N) is 2. The molecular formula is C16H18N2O4S. The normalized spacial score (nSPS) is 10.9. The van der Waals surface area contributed by atoms with Gasteiger partial charge in [-0.3, -0.25) is 9.52 Å². The third-order valence-electron chi connectivity index (χ3n) is 3.00. The van der Waals surface area contributed by atoms with Gasteiger partial charge < -0.3 is 10.1 Å². The molecule has 2 aromatic carbocycles. The van der Waals surface area contributed by atoms with Gasteiger partial charge in [-0.2, -0.15) is 0 Å². The molecular weight excluding hydrogens is 316 g/mol. The van der Waals surface area contributed by atoms with E-state index < -0.39 is 10.0 Å². The van der Waals surface area contributed by atoms with Crippen LogP contribution in [-0.4, -0.2) is 27.7 Å². The molecule has 0 aromatic heterocycles. The van der Waals surface area contributed by atoms with E-state index >= 15 is 0 Å². The lowest BCUT2D eigenvalue weighted by Crippen LogP contribution is -2.17. The van der Waals surface area contributed by atoms with E-state index in [1.165, 1.54) is 0 Å². The van der Waals surface area contributed by atoms with Crippen LogP contribution in [0.5, 0.6) is 5.75 Å². The van der Waals surface area contributed by atoms with E-state index in [-0.39, 0.29) is 12.3 Å². The smallest absolute Gasteiger partial charge is 0.229 e. The molecule has 0 saturated carbocycles. The standard InChI is InChI=1S/C16H18N2O4S/c1-22-13-7-5-6-12(10-13)11-16(19)17-14-8-3-4-9-15(14)18-23(2,20)21/h3-10,18H,11H2,1-2H3,(H,17,19). The number of carbonyl (C=O) groups excluding carboxylic acids is 1. The number of methoxy groups -OCH3 is 1. The maximum absolute atomic E-state index is 12.2. The first-order valence-electron chi connectivity index (χ1n) is 6.87. The number of hydrogen-bond donors (Lipinski definition) is 2. The third kappa shape index (κ3) is 5.30. The Balaban J connectivity index is 2.11. The summed E-state index contributed by atoms with van der Waals surface area (Å²) in [5, 5.41) is 2.71. The Morgan fingerprint density at radius 2 is 1.78 bits per heavy atom. The molecule has 2 rings (SSSR count). The highest BCUT2D eigenvalue weighted by molar-refractivity contribution is 7.92. The quantitative estimate of drug-likeness (QED) is 0.848. The summed E-state index contributed by atoms with van der Waals surface area (Å²) < 4.78 is 30.2. The van der Waals surface area contributed by atoms with Gasteiger partial charge in [-0.25, -0.2) is 8.42 Å². The van der Waals surface area contributed by atoms with Crippen LogP contribution < -0.4 is 14.8 Å². The first-order valence-corrected chi connectivity index (χ1v) is 8.76. The maximum atomic E-state index is 12.2. The SMILES string of the molecule is COc1cccc(CC(=O)Nc2ccccc2NS(C)(=O)=O)c1. The zero-order chi connectivity index (χ0) is 16.9. The Morgan fingerprint density at radius 1 is 1.09 bits per heavy atom. The van der Waals surface area contributed by atoms with Crippen molar-refractivity contribution in [3.63, 3.8) is 0 Å². The van der Waals surface area contributed by atoms with Crippen molar-refractivity contribution in [1.82, 2.24) is 0 Å². The summed E-state index contributed by atoms with van der Waals surface area (Å²) in [5.74, 6) is 0.426. The minimum Gasteiger partial charge on any atom is -0.497 e. The second-order valence-electron chi connectivity index (χ2n) is 5.00. The predicted octanol–water partition coefficient (Wildman–Crippen LogP) is 2.25. The van der Waals surface area contributed by atoms with Crippen LogP contribution >= 0.6 is 0 Å². The van der Waals surface area contributed by atoms with Crippen LogP contribution in [0, 0.1) is 0 Å². The van der Waals surface area contributed by atoms with Crippen molar-refractivity contribution >= 4 is 27.3 Å². The zero-order valence-electron chi connectivity index (χ0n) is 12.9. The van der Waals surface area contributed by atoms with Gasteiger partial charge in [0, 0.05) is 0 Å². The lowest BCUT2D eigenvalue weighted by Gasteiger charge is -2.12. The first kappa shape index (κ1) is 16.8. The van der Waals surface area contributed by atoms with Gasteiger partial charge in [0.2, 0.25) is 15.9 Å². The van der Waals surface area contributed by atoms with Crippen molar-refractivity contribution in [1.29, 1.82) is 0 Å². The van der Waals surface area contributed by atoms with Crippen molar-refractivity contribution in [2.45, 2.75) is 6.42 Å². The summed E-state index contributed by atoms with van der Waals surface area (Å²) >= 11 is 0. The number of hydrogen-bond acceptors (Lipinski definition) is 4. The number of rotatable bonds is 6. The molecule has 0 atom stereocenters. The average molecular weight is 334 g/mol. The Kier molecular flexibility index (Phi) is 5.23. The van der Waals surface area contributed by atoms with Gasteiger partial charge in [0.25, 0.3) is 0 Å². The number of amides is 1. The maximum Gasteiger partial charge on any atom is 0.229 e. The molecule has 0 spiro atoms. The third-order valence-corrected chi connectivity index (χ3v) is 3.59. The number of carbonyl (C=O) groups is 1. The van der Waals surface area contributed by atoms with Crippen LogP contribution in [-0.2, 0) is 21.2 Å². The Morgan fingerprint density at radius 3 is 2.43 bits per heavy atom. The number of benzene rings is 2. The van der Waals surface area contributed by atoms with Crippen LogP contribution in [0.4, 0.5) is 11.4 Å². The van der Waals surface area contributed by atoms with E-state index in [2.05, 4.69) is 10.0 Å².